The molecule has 0 bridgehead atoms. The third-order valence-corrected chi connectivity index (χ3v) is 3.07. The molecule has 0 heterocycles. The second kappa shape index (κ2) is 10.1. The van der Waals surface area contributed by atoms with E-state index in [0.717, 1.165) is 18.5 Å². The van der Waals surface area contributed by atoms with E-state index < -0.39 is 0 Å². The summed E-state index contributed by atoms with van der Waals surface area (Å²) in [5, 5.41) is 12.1. The van der Waals surface area contributed by atoms with Gasteiger partial charge >= 0.3 is 5.97 Å². The van der Waals surface area contributed by atoms with Crippen molar-refractivity contribution in [3.8, 4) is 5.75 Å². The minimum Gasteiger partial charge on any atom is -0.508 e. The Bertz CT molecular complexity index is 376. The Kier molecular flexibility index (Phi) is 8.27. The molecule has 1 aromatic carbocycles. The molecule has 0 saturated carbocycles. The van der Waals surface area contributed by atoms with Crippen LogP contribution in [0.4, 0.5) is 5.69 Å². The number of carbonyl (C=O) groups excluding carboxylic acids is 1. The van der Waals surface area contributed by atoms with Gasteiger partial charge in [-0.15, -0.1) is 0 Å². The van der Waals surface area contributed by atoms with Crippen LogP contribution in [-0.2, 0) is 9.53 Å². The molecule has 0 radical (unpaired) electrons. The van der Waals surface area contributed by atoms with Crippen molar-refractivity contribution in [3.05, 3.63) is 24.3 Å². The fourth-order valence-electron chi connectivity index (χ4n) is 1.87. The molecule has 20 heavy (non-hydrogen) atoms. The van der Waals surface area contributed by atoms with Gasteiger partial charge in [-0.1, -0.05) is 39.0 Å². The smallest absolute Gasteiger partial charge is 0.325 e. The third kappa shape index (κ3) is 7.67. The lowest BCUT2D eigenvalue weighted by Crippen LogP contribution is -2.17. The van der Waals surface area contributed by atoms with Gasteiger partial charge in [-0.2, -0.15) is 0 Å². The van der Waals surface area contributed by atoms with E-state index >= 15 is 0 Å². The average molecular weight is 279 g/mol. The van der Waals surface area contributed by atoms with Crippen LogP contribution in [0.25, 0.3) is 0 Å². The van der Waals surface area contributed by atoms with Crippen LogP contribution < -0.4 is 5.32 Å². The van der Waals surface area contributed by atoms with Gasteiger partial charge in [0.05, 0.1) is 6.61 Å². The predicted molar refractivity (Wildman–Crippen MR) is 80.9 cm³/mol. The summed E-state index contributed by atoms with van der Waals surface area (Å²) >= 11 is 0. The van der Waals surface area contributed by atoms with E-state index in [1.54, 1.807) is 24.3 Å². The zero-order chi connectivity index (χ0) is 14.6. The van der Waals surface area contributed by atoms with Crippen LogP contribution in [0.2, 0.25) is 0 Å². The number of phenolic OH excluding ortho intramolecular Hbond substituents is 1. The lowest BCUT2D eigenvalue weighted by atomic mass is 10.1. The minimum atomic E-state index is -0.244. The molecule has 0 saturated heterocycles. The number of hydrogen-bond donors (Lipinski definition) is 2. The van der Waals surface area contributed by atoms with Gasteiger partial charge in [-0.05, 0) is 30.7 Å². The number of anilines is 1. The second-order valence-electron chi connectivity index (χ2n) is 4.89. The van der Waals surface area contributed by atoms with Gasteiger partial charge in [0, 0.05) is 5.69 Å². The fourth-order valence-corrected chi connectivity index (χ4v) is 1.87. The molecule has 0 aliphatic rings. The molecule has 0 atom stereocenters. The number of hydrogen-bond acceptors (Lipinski definition) is 4. The zero-order valence-electron chi connectivity index (χ0n) is 12.2. The van der Waals surface area contributed by atoms with Crippen LogP contribution in [0.5, 0.6) is 5.75 Å². The first kappa shape index (κ1) is 16.3. The topological polar surface area (TPSA) is 58.6 Å². The summed E-state index contributed by atoms with van der Waals surface area (Å²) in [5.41, 5.74) is 0.791. The molecule has 2 N–H and O–H groups in total. The molecular weight excluding hydrogens is 254 g/mol. The molecule has 0 aliphatic carbocycles. The van der Waals surface area contributed by atoms with E-state index in [-0.39, 0.29) is 18.3 Å². The first-order valence-electron chi connectivity index (χ1n) is 7.41. The molecule has 0 spiro atoms. The number of ether oxygens (including phenoxy) is 1. The zero-order valence-corrected chi connectivity index (χ0v) is 12.2. The van der Waals surface area contributed by atoms with Crippen molar-refractivity contribution >= 4 is 11.7 Å². The molecule has 4 heteroatoms. The first-order chi connectivity index (χ1) is 9.72. The molecule has 0 fully saturated rings. The quantitative estimate of drug-likeness (QED) is 0.389. The highest BCUT2D eigenvalue weighted by Gasteiger charge is 2.02. The maximum Gasteiger partial charge on any atom is 0.325 e. The van der Waals surface area contributed by atoms with Crippen molar-refractivity contribution in [1.29, 1.82) is 0 Å². The SMILES string of the molecule is CCCCCCCCOC(=O)CNc1ccc(O)cc1. The van der Waals surface area contributed by atoms with Crippen LogP contribution in [0.15, 0.2) is 24.3 Å². The summed E-state index contributed by atoms with van der Waals surface area (Å²) in [6.45, 7) is 2.85. The van der Waals surface area contributed by atoms with Crippen LogP contribution >= 0.6 is 0 Å². The first-order valence-corrected chi connectivity index (χ1v) is 7.41. The lowest BCUT2D eigenvalue weighted by molar-refractivity contribution is -0.141. The van der Waals surface area contributed by atoms with Crippen LogP contribution in [0.1, 0.15) is 45.4 Å². The summed E-state index contributed by atoms with van der Waals surface area (Å²) in [5.74, 6) is -0.0344. The standard InChI is InChI=1S/C16H25NO3/c1-2-3-4-5-6-7-12-20-16(19)13-17-14-8-10-15(18)11-9-14/h8-11,17-18H,2-7,12-13H2,1H3. The number of esters is 1. The number of phenols is 1. The van der Waals surface area contributed by atoms with E-state index in [9.17, 15) is 4.79 Å². The predicted octanol–water partition coefficient (Wildman–Crippen LogP) is 3.71. The summed E-state index contributed by atoms with van der Waals surface area (Å²) in [6.07, 6.45) is 7.09. The average Bonchev–Trinajstić information content (AvgIpc) is 2.46. The summed E-state index contributed by atoms with van der Waals surface area (Å²) in [6, 6.07) is 6.58. The molecule has 1 rings (SSSR count). The lowest BCUT2D eigenvalue weighted by Gasteiger charge is -2.07. The van der Waals surface area contributed by atoms with Gasteiger partial charge in [0.15, 0.2) is 0 Å². The molecule has 1 aromatic rings. The Morgan fingerprint density at radius 3 is 2.45 bits per heavy atom. The minimum absolute atomic E-state index is 0.153. The maximum atomic E-state index is 11.5. The van der Waals surface area contributed by atoms with Crippen molar-refractivity contribution in [2.24, 2.45) is 0 Å². The summed E-state index contributed by atoms with van der Waals surface area (Å²) in [4.78, 5) is 11.5. The van der Waals surface area contributed by atoms with Gasteiger partial charge in [-0.3, -0.25) is 4.79 Å². The van der Waals surface area contributed by atoms with Gasteiger partial charge in [0.2, 0.25) is 0 Å². The fraction of sp³-hybridized carbons (Fsp3) is 0.562. The molecule has 0 aliphatic heterocycles. The van der Waals surface area contributed by atoms with Crippen molar-refractivity contribution < 1.29 is 14.6 Å². The number of nitrogens with one attached hydrogen (secondary N) is 1. The highest BCUT2D eigenvalue weighted by Crippen LogP contribution is 2.13. The Balaban J connectivity index is 2.01. The number of benzene rings is 1. The van der Waals surface area contributed by atoms with Crippen molar-refractivity contribution in [2.45, 2.75) is 45.4 Å². The van der Waals surface area contributed by atoms with E-state index in [0.29, 0.717) is 6.61 Å². The molecule has 112 valence electrons. The number of unbranched alkanes of at least 4 members (excludes halogenated alkanes) is 5. The molecular formula is C16H25NO3. The summed E-state index contributed by atoms with van der Waals surface area (Å²) in [7, 11) is 0. The maximum absolute atomic E-state index is 11.5. The van der Waals surface area contributed by atoms with Gasteiger partial charge in [0.25, 0.3) is 0 Å². The van der Waals surface area contributed by atoms with Crippen molar-refractivity contribution in [3.63, 3.8) is 0 Å². The Morgan fingerprint density at radius 2 is 1.75 bits per heavy atom. The van der Waals surface area contributed by atoms with E-state index in [1.807, 2.05) is 0 Å². The number of carbonyl (C=O) groups is 1. The van der Waals surface area contributed by atoms with E-state index in [1.165, 1.54) is 25.7 Å². The largest absolute Gasteiger partial charge is 0.508 e. The third-order valence-electron chi connectivity index (χ3n) is 3.07. The molecule has 0 unspecified atom stereocenters. The van der Waals surface area contributed by atoms with Gasteiger partial charge < -0.3 is 15.2 Å². The molecule has 0 amide bonds. The highest BCUT2D eigenvalue weighted by atomic mass is 16.5. The van der Waals surface area contributed by atoms with Crippen LogP contribution in [0, 0.1) is 0 Å². The number of rotatable bonds is 10. The second-order valence-corrected chi connectivity index (χ2v) is 4.89. The van der Waals surface area contributed by atoms with Crippen LogP contribution in [-0.4, -0.2) is 24.2 Å². The Morgan fingerprint density at radius 1 is 1.10 bits per heavy atom. The summed E-state index contributed by atoms with van der Waals surface area (Å²) < 4.78 is 5.14. The van der Waals surface area contributed by atoms with Gasteiger partial charge in [0.1, 0.15) is 12.3 Å². The monoisotopic (exact) mass is 279 g/mol. The molecule has 4 nitrogen and oxygen atoms in total. The van der Waals surface area contributed by atoms with Crippen molar-refractivity contribution in [2.75, 3.05) is 18.5 Å². The Hall–Kier alpha value is -1.71. The van der Waals surface area contributed by atoms with E-state index in [2.05, 4.69) is 12.2 Å². The normalized spacial score (nSPS) is 10.2. The van der Waals surface area contributed by atoms with Crippen molar-refractivity contribution in [1.82, 2.24) is 0 Å². The van der Waals surface area contributed by atoms with Crippen LogP contribution in [0.3, 0.4) is 0 Å². The molecule has 0 aromatic heterocycles. The van der Waals surface area contributed by atoms with E-state index in [4.69, 9.17) is 9.84 Å². The Labute approximate surface area is 121 Å². The van der Waals surface area contributed by atoms with Gasteiger partial charge in [-0.25, -0.2) is 0 Å². The highest BCUT2D eigenvalue weighted by molar-refractivity contribution is 5.74. The number of aromatic hydroxyl groups is 1.